The fourth-order valence-corrected chi connectivity index (χ4v) is 6.37. The number of ether oxygens (including phenoxy) is 3. The Balaban J connectivity index is 1.19. The number of fused-ring (bicyclic) bond motifs is 1. The second kappa shape index (κ2) is 12.0. The van der Waals surface area contributed by atoms with Crippen LogP contribution in [0.15, 0.2) is 103 Å². The van der Waals surface area contributed by atoms with Crippen LogP contribution in [0, 0.1) is 13.8 Å². The van der Waals surface area contributed by atoms with Crippen molar-refractivity contribution in [2.45, 2.75) is 25.9 Å². The molecule has 2 aliphatic heterocycles. The highest BCUT2D eigenvalue weighted by Gasteiger charge is 2.42. The van der Waals surface area contributed by atoms with Crippen LogP contribution in [0.2, 0.25) is 0 Å². The fraction of sp³-hybridized carbons (Fsp3) is 0.171. The molecule has 10 heteroatoms. The number of thiocarbonyl (C=S) groups is 1. The predicted octanol–water partition coefficient (Wildman–Crippen LogP) is 6.41. The molecule has 0 aliphatic carbocycles. The fourth-order valence-electron chi connectivity index (χ4n) is 6.03. The van der Waals surface area contributed by atoms with Crippen molar-refractivity contribution < 1.29 is 19.0 Å². The van der Waals surface area contributed by atoms with Crippen LogP contribution in [0.25, 0.3) is 5.69 Å². The summed E-state index contributed by atoms with van der Waals surface area (Å²) in [6.45, 7) is 4.36. The van der Waals surface area contributed by atoms with Gasteiger partial charge in [-0.1, -0.05) is 24.3 Å². The molecule has 1 fully saturated rings. The van der Waals surface area contributed by atoms with Crippen LogP contribution >= 0.6 is 12.2 Å². The lowest BCUT2D eigenvalue weighted by Gasteiger charge is -2.28. The summed E-state index contributed by atoms with van der Waals surface area (Å²) >= 11 is 5.95. The van der Waals surface area contributed by atoms with Gasteiger partial charge in [-0.2, -0.15) is 0 Å². The molecule has 0 bridgehead atoms. The van der Waals surface area contributed by atoms with Crippen molar-refractivity contribution >= 4 is 34.6 Å². The molecular weight excluding hydrogens is 586 g/mol. The number of aryl methyl sites for hydroxylation is 1. The van der Waals surface area contributed by atoms with Crippen LogP contribution in [-0.2, 0) is 4.79 Å². The van der Waals surface area contributed by atoms with Gasteiger partial charge in [-0.25, -0.2) is 0 Å². The van der Waals surface area contributed by atoms with Crippen LogP contribution in [0.5, 0.6) is 17.2 Å². The molecule has 2 aromatic heterocycles. The van der Waals surface area contributed by atoms with Gasteiger partial charge in [-0.05, 0) is 98.4 Å². The van der Waals surface area contributed by atoms with Crippen LogP contribution in [0.1, 0.15) is 34.7 Å². The molecule has 0 saturated carbocycles. The molecule has 5 aromatic rings. The number of anilines is 2. The molecule has 7 rings (SSSR count). The number of nitrogens with zero attached hydrogens (tertiary/aromatic N) is 3. The van der Waals surface area contributed by atoms with Crippen molar-refractivity contribution in [3.05, 3.63) is 126 Å². The molecule has 1 amide bonds. The summed E-state index contributed by atoms with van der Waals surface area (Å²) < 4.78 is 19.0. The average molecular weight is 618 g/mol. The standard InChI is InChI=1S/C35H31N5O4S/c1-22-18-28(23(2)39(22)26-15-16-30-31(19-26)44-21-43-30)34-33(29-10-6-7-17-36-29)38-35(45)40(34)25-13-11-24(12-14-25)37-32(41)20-42-27-8-4-3-5-9-27/h3-19,33-34H,20-21H2,1-2H3,(H,37,41)(H,38,45)/t33-,34+/m0/s1. The minimum absolute atomic E-state index is 0.0846. The smallest absolute Gasteiger partial charge is 0.262 e. The van der Waals surface area contributed by atoms with E-state index in [0.29, 0.717) is 16.5 Å². The molecule has 0 radical (unpaired) electrons. The van der Waals surface area contributed by atoms with Crippen molar-refractivity contribution in [1.29, 1.82) is 0 Å². The minimum atomic E-state index is -0.242. The Bertz CT molecular complexity index is 1860. The van der Waals surface area contributed by atoms with Gasteiger partial charge < -0.3 is 34.3 Å². The van der Waals surface area contributed by atoms with Crippen LogP contribution in [-0.4, -0.2) is 34.0 Å². The number of hydrogen-bond acceptors (Lipinski definition) is 6. The normalized spacial score (nSPS) is 16.8. The monoisotopic (exact) mass is 617 g/mol. The molecule has 0 unspecified atom stereocenters. The number of benzene rings is 3. The summed E-state index contributed by atoms with van der Waals surface area (Å²) in [5.74, 6) is 1.88. The lowest BCUT2D eigenvalue weighted by molar-refractivity contribution is -0.118. The first kappa shape index (κ1) is 28.4. The van der Waals surface area contributed by atoms with Gasteiger partial charge in [0.15, 0.2) is 23.2 Å². The van der Waals surface area contributed by atoms with Gasteiger partial charge in [0, 0.05) is 40.7 Å². The Labute approximate surface area is 266 Å². The molecule has 4 heterocycles. The molecular formula is C35H31N5O4S. The summed E-state index contributed by atoms with van der Waals surface area (Å²) in [7, 11) is 0. The topological polar surface area (TPSA) is 89.9 Å². The maximum absolute atomic E-state index is 12.6. The summed E-state index contributed by atoms with van der Waals surface area (Å²) in [6, 6.07) is 30.7. The van der Waals surface area contributed by atoms with Crippen molar-refractivity contribution in [3.63, 3.8) is 0 Å². The third kappa shape index (κ3) is 5.56. The average Bonchev–Trinajstić information content (AvgIpc) is 3.75. The first-order chi connectivity index (χ1) is 22.0. The SMILES string of the molecule is Cc1cc([C@@H]2[C@H](c3ccccn3)NC(=S)N2c2ccc(NC(=O)COc3ccccc3)cc2)c(C)n1-c1ccc2c(c1)OCO2. The van der Waals surface area contributed by atoms with E-state index in [1.54, 1.807) is 6.20 Å². The number of hydrogen-bond donors (Lipinski definition) is 2. The van der Waals surface area contributed by atoms with Gasteiger partial charge in [-0.3, -0.25) is 9.78 Å². The molecule has 1 saturated heterocycles. The van der Waals surface area contributed by atoms with E-state index in [2.05, 4.69) is 40.0 Å². The third-order valence-electron chi connectivity index (χ3n) is 8.04. The van der Waals surface area contributed by atoms with E-state index >= 15 is 0 Å². The number of para-hydroxylation sites is 1. The Hall–Kier alpha value is -5.35. The van der Waals surface area contributed by atoms with E-state index < -0.39 is 0 Å². The zero-order valence-corrected chi connectivity index (χ0v) is 25.6. The lowest BCUT2D eigenvalue weighted by atomic mass is 9.96. The van der Waals surface area contributed by atoms with E-state index in [4.69, 9.17) is 31.4 Å². The van der Waals surface area contributed by atoms with E-state index in [9.17, 15) is 4.79 Å². The van der Waals surface area contributed by atoms with Gasteiger partial charge in [0.25, 0.3) is 5.91 Å². The van der Waals surface area contributed by atoms with E-state index in [1.807, 2.05) is 91.0 Å². The van der Waals surface area contributed by atoms with Crippen molar-refractivity contribution in [2.75, 3.05) is 23.6 Å². The first-order valence-electron chi connectivity index (χ1n) is 14.6. The number of carbonyl (C=O) groups is 1. The quantitative estimate of drug-likeness (QED) is 0.193. The summed E-state index contributed by atoms with van der Waals surface area (Å²) in [6.07, 6.45) is 1.80. The zero-order chi connectivity index (χ0) is 30.9. The molecule has 45 heavy (non-hydrogen) atoms. The summed E-state index contributed by atoms with van der Waals surface area (Å²) in [5, 5.41) is 7.04. The zero-order valence-electron chi connectivity index (χ0n) is 24.8. The third-order valence-corrected chi connectivity index (χ3v) is 8.36. The number of aromatic nitrogens is 2. The van der Waals surface area contributed by atoms with Crippen LogP contribution in [0.3, 0.4) is 0 Å². The highest BCUT2D eigenvalue weighted by atomic mass is 32.1. The minimum Gasteiger partial charge on any atom is -0.484 e. The van der Waals surface area contributed by atoms with Gasteiger partial charge in [0.05, 0.1) is 17.8 Å². The maximum Gasteiger partial charge on any atom is 0.262 e. The van der Waals surface area contributed by atoms with Crippen LogP contribution < -0.4 is 29.7 Å². The number of carbonyl (C=O) groups excluding carboxylic acids is 1. The summed E-state index contributed by atoms with van der Waals surface area (Å²) in [4.78, 5) is 19.4. The Kier molecular flexibility index (Phi) is 7.56. The molecule has 2 N–H and O–H groups in total. The Morgan fingerprint density at radius 1 is 0.956 bits per heavy atom. The van der Waals surface area contributed by atoms with Crippen molar-refractivity contribution in [1.82, 2.24) is 14.9 Å². The van der Waals surface area contributed by atoms with E-state index in [-0.39, 0.29) is 31.4 Å². The number of amides is 1. The predicted molar refractivity (Wildman–Crippen MR) is 176 cm³/mol. The molecule has 0 spiro atoms. The van der Waals surface area contributed by atoms with Crippen molar-refractivity contribution in [2.24, 2.45) is 0 Å². The van der Waals surface area contributed by atoms with Crippen molar-refractivity contribution in [3.8, 4) is 22.9 Å². The molecule has 226 valence electrons. The maximum atomic E-state index is 12.6. The highest BCUT2D eigenvalue weighted by molar-refractivity contribution is 7.80. The highest BCUT2D eigenvalue weighted by Crippen LogP contribution is 2.44. The summed E-state index contributed by atoms with van der Waals surface area (Å²) in [5.41, 5.74) is 6.71. The van der Waals surface area contributed by atoms with Gasteiger partial charge in [0.1, 0.15) is 5.75 Å². The largest absolute Gasteiger partial charge is 0.484 e. The molecule has 9 nitrogen and oxygen atoms in total. The number of pyridine rings is 1. The van der Waals surface area contributed by atoms with E-state index in [1.165, 1.54) is 0 Å². The van der Waals surface area contributed by atoms with Gasteiger partial charge in [0.2, 0.25) is 6.79 Å². The molecule has 2 aliphatic rings. The molecule has 2 atom stereocenters. The van der Waals surface area contributed by atoms with Crippen LogP contribution in [0.4, 0.5) is 11.4 Å². The Morgan fingerprint density at radius 2 is 1.71 bits per heavy atom. The number of rotatable bonds is 8. The van der Waals surface area contributed by atoms with Gasteiger partial charge in [-0.15, -0.1) is 0 Å². The second-order valence-corrected chi connectivity index (χ2v) is 11.3. The lowest BCUT2D eigenvalue weighted by Crippen LogP contribution is -2.29. The van der Waals surface area contributed by atoms with Gasteiger partial charge >= 0.3 is 0 Å². The second-order valence-electron chi connectivity index (χ2n) is 10.9. The van der Waals surface area contributed by atoms with E-state index in [0.717, 1.165) is 45.5 Å². The number of nitrogens with one attached hydrogen (secondary N) is 2. The molecule has 3 aromatic carbocycles. The first-order valence-corrected chi connectivity index (χ1v) is 15.0. The Morgan fingerprint density at radius 3 is 2.49 bits per heavy atom.